The van der Waals surface area contributed by atoms with Crippen LogP contribution < -0.4 is 4.90 Å². The SMILES string of the molecule is CCCc1cccc(C(=O)c2ccc(N(C)C)cc2)c1. The van der Waals surface area contributed by atoms with Gasteiger partial charge in [0.15, 0.2) is 5.78 Å². The molecular formula is C18H21NO. The van der Waals surface area contributed by atoms with Crippen molar-refractivity contribution < 1.29 is 4.79 Å². The van der Waals surface area contributed by atoms with Gasteiger partial charge in [0.25, 0.3) is 0 Å². The minimum atomic E-state index is 0.0910. The van der Waals surface area contributed by atoms with Crippen LogP contribution in [0, 0.1) is 0 Å². The van der Waals surface area contributed by atoms with Crippen molar-refractivity contribution in [3.63, 3.8) is 0 Å². The molecule has 0 fully saturated rings. The first-order valence-electron chi connectivity index (χ1n) is 7.03. The van der Waals surface area contributed by atoms with Crippen molar-refractivity contribution in [3.8, 4) is 0 Å². The van der Waals surface area contributed by atoms with Crippen LogP contribution in [0.2, 0.25) is 0 Å². The number of hydrogen-bond donors (Lipinski definition) is 0. The number of benzene rings is 2. The highest BCUT2D eigenvalue weighted by Crippen LogP contribution is 2.16. The first-order chi connectivity index (χ1) is 9.61. The van der Waals surface area contributed by atoms with Crippen molar-refractivity contribution in [2.75, 3.05) is 19.0 Å². The second-order valence-corrected chi connectivity index (χ2v) is 5.22. The molecule has 0 bridgehead atoms. The van der Waals surface area contributed by atoms with Gasteiger partial charge in [-0.3, -0.25) is 4.79 Å². The molecule has 0 amide bonds. The van der Waals surface area contributed by atoms with Gasteiger partial charge in [0.2, 0.25) is 0 Å². The largest absolute Gasteiger partial charge is 0.378 e. The van der Waals surface area contributed by atoms with Crippen molar-refractivity contribution in [1.29, 1.82) is 0 Å². The second-order valence-electron chi connectivity index (χ2n) is 5.22. The van der Waals surface area contributed by atoms with Crippen molar-refractivity contribution in [2.24, 2.45) is 0 Å². The maximum Gasteiger partial charge on any atom is 0.193 e. The first kappa shape index (κ1) is 14.3. The van der Waals surface area contributed by atoms with Gasteiger partial charge in [-0.1, -0.05) is 31.5 Å². The molecule has 2 rings (SSSR count). The lowest BCUT2D eigenvalue weighted by molar-refractivity contribution is 0.103. The summed E-state index contributed by atoms with van der Waals surface area (Å²) in [6, 6.07) is 15.7. The molecule has 2 nitrogen and oxygen atoms in total. The van der Waals surface area contributed by atoms with Crippen molar-refractivity contribution in [3.05, 3.63) is 65.2 Å². The Hall–Kier alpha value is -2.09. The van der Waals surface area contributed by atoms with Gasteiger partial charge < -0.3 is 4.90 Å². The average Bonchev–Trinajstić information content (AvgIpc) is 2.47. The monoisotopic (exact) mass is 267 g/mol. The predicted molar refractivity (Wildman–Crippen MR) is 84.6 cm³/mol. The van der Waals surface area contributed by atoms with Crippen LogP contribution in [0.1, 0.15) is 34.8 Å². The van der Waals surface area contributed by atoms with E-state index in [-0.39, 0.29) is 5.78 Å². The van der Waals surface area contributed by atoms with Crippen LogP contribution in [-0.2, 0) is 6.42 Å². The molecule has 0 aliphatic rings. The molecule has 0 aliphatic heterocycles. The minimum absolute atomic E-state index is 0.0910. The van der Waals surface area contributed by atoms with Crippen LogP contribution in [0.4, 0.5) is 5.69 Å². The maximum absolute atomic E-state index is 12.5. The van der Waals surface area contributed by atoms with E-state index in [1.54, 1.807) is 0 Å². The summed E-state index contributed by atoms with van der Waals surface area (Å²) in [6.45, 7) is 2.15. The number of carbonyl (C=O) groups is 1. The lowest BCUT2D eigenvalue weighted by Gasteiger charge is -2.12. The smallest absolute Gasteiger partial charge is 0.193 e. The van der Waals surface area contributed by atoms with Gasteiger partial charge in [0.05, 0.1) is 0 Å². The summed E-state index contributed by atoms with van der Waals surface area (Å²) in [4.78, 5) is 14.5. The second kappa shape index (κ2) is 6.38. The maximum atomic E-state index is 12.5. The van der Waals surface area contributed by atoms with E-state index < -0.39 is 0 Å². The molecule has 0 aromatic heterocycles. The van der Waals surface area contributed by atoms with Gasteiger partial charge in [-0.25, -0.2) is 0 Å². The molecule has 0 spiro atoms. The third kappa shape index (κ3) is 3.27. The summed E-state index contributed by atoms with van der Waals surface area (Å²) in [5, 5.41) is 0. The summed E-state index contributed by atoms with van der Waals surface area (Å²) in [6.07, 6.45) is 2.11. The zero-order valence-corrected chi connectivity index (χ0v) is 12.4. The highest BCUT2D eigenvalue weighted by atomic mass is 16.1. The summed E-state index contributed by atoms with van der Waals surface area (Å²) >= 11 is 0. The molecule has 0 aliphatic carbocycles. The fraction of sp³-hybridized carbons (Fsp3) is 0.278. The number of ketones is 1. The van der Waals surface area contributed by atoms with E-state index in [0.29, 0.717) is 0 Å². The van der Waals surface area contributed by atoms with Crippen LogP contribution in [0.3, 0.4) is 0 Å². The van der Waals surface area contributed by atoms with Gasteiger partial charge in [0.1, 0.15) is 0 Å². The summed E-state index contributed by atoms with van der Waals surface area (Å²) in [5.41, 5.74) is 3.84. The van der Waals surface area contributed by atoms with Crippen molar-refractivity contribution >= 4 is 11.5 Å². The molecule has 2 aromatic rings. The highest BCUT2D eigenvalue weighted by molar-refractivity contribution is 6.09. The van der Waals surface area contributed by atoms with Crippen molar-refractivity contribution in [1.82, 2.24) is 0 Å². The quantitative estimate of drug-likeness (QED) is 0.765. The summed E-state index contributed by atoms with van der Waals surface area (Å²) in [5.74, 6) is 0.0910. The topological polar surface area (TPSA) is 20.3 Å². The third-order valence-corrected chi connectivity index (χ3v) is 3.37. The van der Waals surface area contributed by atoms with E-state index in [2.05, 4.69) is 13.0 Å². The van der Waals surface area contributed by atoms with E-state index in [0.717, 1.165) is 29.7 Å². The first-order valence-corrected chi connectivity index (χ1v) is 7.03. The number of anilines is 1. The molecule has 0 saturated carbocycles. The fourth-order valence-electron chi connectivity index (χ4n) is 2.23. The standard InChI is InChI=1S/C18H21NO/c1-4-6-14-7-5-8-16(13-14)18(20)15-9-11-17(12-10-15)19(2)3/h5,7-13H,4,6H2,1-3H3. The number of carbonyl (C=O) groups excluding carboxylic acids is 1. The Morgan fingerprint density at radius 2 is 1.70 bits per heavy atom. The lowest BCUT2D eigenvalue weighted by atomic mass is 9.99. The Bertz CT molecular complexity index is 585. The van der Waals surface area contributed by atoms with Crippen LogP contribution in [0.25, 0.3) is 0 Å². The summed E-state index contributed by atoms with van der Waals surface area (Å²) < 4.78 is 0. The molecule has 104 valence electrons. The van der Waals surface area contributed by atoms with Gasteiger partial charge >= 0.3 is 0 Å². The van der Waals surface area contributed by atoms with E-state index in [1.807, 2.05) is 61.5 Å². The third-order valence-electron chi connectivity index (χ3n) is 3.37. The van der Waals surface area contributed by atoms with Gasteiger partial charge in [-0.05, 0) is 42.3 Å². The molecule has 20 heavy (non-hydrogen) atoms. The van der Waals surface area contributed by atoms with Gasteiger partial charge in [-0.15, -0.1) is 0 Å². The lowest BCUT2D eigenvalue weighted by Crippen LogP contribution is -2.09. The molecule has 0 saturated heterocycles. The fourth-order valence-corrected chi connectivity index (χ4v) is 2.23. The van der Waals surface area contributed by atoms with Crippen LogP contribution in [-0.4, -0.2) is 19.9 Å². The van der Waals surface area contributed by atoms with E-state index in [4.69, 9.17) is 0 Å². The molecule has 0 radical (unpaired) electrons. The normalized spacial score (nSPS) is 10.3. The molecule has 0 heterocycles. The average molecular weight is 267 g/mol. The van der Waals surface area contributed by atoms with Crippen LogP contribution in [0.5, 0.6) is 0 Å². The van der Waals surface area contributed by atoms with Crippen molar-refractivity contribution in [2.45, 2.75) is 19.8 Å². The predicted octanol–water partition coefficient (Wildman–Crippen LogP) is 3.94. The zero-order chi connectivity index (χ0) is 14.5. The molecule has 0 atom stereocenters. The van der Waals surface area contributed by atoms with Gasteiger partial charge in [-0.2, -0.15) is 0 Å². The molecule has 0 N–H and O–H groups in total. The Morgan fingerprint density at radius 3 is 2.30 bits per heavy atom. The highest BCUT2D eigenvalue weighted by Gasteiger charge is 2.09. The Labute approximate surface area is 121 Å². The molecule has 2 aromatic carbocycles. The number of rotatable bonds is 5. The number of aryl methyl sites for hydroxylation is 1. The number of nitrogens with zero attached hydrogens (tertiary/aromatic N) is 1. The molecule has 2 heteroatoms. The molecule has 0 unspecified atom stereocenters. The Kier molecular flexibility index (Phi) is 4.57. The Morgan fingerprint density at radius 1 is 1.00 bits per heavy atom. The van der Waals surface area contributed by atoms with E-state index in [1.165, 1.54) is 5.56 Å². The zero-order valence-electron chi connectivity index (χ0n) is 12.4. The van der Waals surface area contributed by atoms with Crippen LogP contribution >= 0.6 is 0 Å². The van der Waals surface area contributed by atoms with E-state index >= 15 is 0 Å². The number of hydrogen-bond acceptors (Lipinski definition) is 2. The van der Waals surface area contributed by atoms with Gasteiger partial charge in [0, 0.05) is 30.9 Å². The summed E-state index contributed by atoms with van der Waals surface area (Å²) in [7, 11) is 3.98. The van der Waals surface area contributed by atoms with Crippen LogP contribution in [0.15, 0.2) is 48.5 Å². The minimum Gasteiger partial charge on any atom is -0.378 e. The van der Waals surface area contributed by atoms with E-state index in [9.17, 15) is 4.79 Å². The molecular weight excluding hydrogens is 246 g/mol. The Balaban J connectivity index is 2.24.